The third kappa shape index (κ3) is 6.12. The number of carbonyl (C=O) groups is 3. The first-order chi connectivity index (χ1) is 14.8. The minimum absolute atomic E-state index is 0.00573. The minimum atomic E-state index is -0.333. The van der Waals surface area contributed by atoms with Crippen LogP contribution in [0.5, 0.6) is 0 Å². The number of amides is 2. The first kappa shape index (κ1) is 22.4. The van der Waals surface area contributed by atoms with E-state index in [0.717, 1.165) is 21.3 Å². The molecule has 0 unspecified atom stereocenters. The van der Waals surface area contributed by atoms with Crippen LogP contribution in [-0.4, -0.2) is 17.6 Å². The fourth-order valence-electron chi connectivity index (χ4n) is 3.16. The van der Waals surface area contributed by atoms with Gasteiger partial charge in [0.25, 0.3) is 0 Å². The van der Waals surface area contributed by atoms with Gasteiger partial charge >= 0.3 is 0 Å². The summed E-state index contributed by atoms with van der Waals surface area (Å²) >= 11 is 3.38. The van der Waals surface area contributed by atoms with Crippen molar-refractivity contribution >= 4 is 44.9 Å². The average molecular weight is 479 g/mol. The molecule has 2 N–H and O–H groups in total. The van der Waals surface area contributed by atoms with Gasteiger partial charge in [-0.3, -0.25) is 14.4 Å². The van der Waals surface area contributed by atoms with Gasteiger partial charge in [0.15, 0.2) is 5.78 Å². The van der Waals surface area contributed by atoms with Crippen molar-refractivity contribution in [3.05, 3.63) is 93.5 Å². The first-order valence-corrected chi connectivity index (χ1v) is 10.7. The summed E-state index contributed by atoms with van der Waals surface area (Å²) in [6.45, 7) is 3.91. The van der Waals surface area contributed by atoms with Gasteiger partial charge in [-0.2, -0.15) is 0 Å². The lowest BCUT2D eigenvalue weighted by atomic mass is 10.0. The highest BCUT2D eigenvalue weighted by molar-refractivity contribution is 9.10. The summed E-state index contributed by atoms with van der Waals surface area (Å²) in [5.74, 6) is -0.761. The molecule has 3 aromatic rings. The Labute approximate surface area is 190 Å². The summed E-state index contributed by atoms with van der Waals surface area (Å²) in [4.78, 5) is 37.6. The van der Waals surface area contributed by atoms with Crippen molar-refractivity contribution < 1.29 is 14.4 Å². The van der Waals surface area contributed by atoms with E-state index in [0.29, 0.717) is 16.8 Å². The maximum atomic E-state index is 12.9. The highest BCUT2D eigenvalue weighted by Gasteiger charge is 2.16. The Morgan fingerprint density at radius 3 is 2.03 bits per heavy atom. The van der Waals surface area contributed by atoms with E-state index in [1.807, 2.05) is 38.1 Å². The van der Waals surface area contributed by atoms with Crippen molar-refractivity contribution in [1.82, 2.24) is 0 Å². The van der Waals surface area contributed by atoms with Crippen molar-refractivity contribution in [2.45, 2.75) is 26.7 Å². The summed E-state index contributed by atoms with van der Waals surface area (Å²) in [7, 11) is 0. The summed E-state index contributed by atoms with van der Waals surface area (Å²) < 4.78 is 0.734. The molecule has 6 heteroatoms. The number of hydrogen-bond donors (Lipinski definition) is 2. The van der Waals surface area contributed by atoms with Crippen LogP contribution in [0.15, 0.2) is 71.2 Å². The Morgan fingerprint density at radius 1 is 0.774 bits per heavy atom. The SMILES string of the molecule is Cc1ccc(NC(=O)CCC(=O)Nc2ccc(Br)cc2C(=O)c2ccccc2)c(C)c1. The molecule has 31 heavy (non-hydrogen) atoms. The molecular formula is C25H23BrN2O3. The Balaban J connectivity index is 1.64. The average Bonchev–Trinajstić information content (AvgIpc) is 2.75. The Hall–Kier alpha value is -3.25. The maximum absolute atomic E-state index is 12.9. The summed E-state index contributed by atoms with van der Waals surface area (Å²) in [5.41, 5.74) is 4.15. The monoisotopic (exact) mass is 478 g/mol. The molecule has 0 fully saturated rings. The van der Waals surface area contributed by atoms with Crippen LogP contribution >= 0.6 is 15.9 Å². The lowest BCUT2D eigenvalue weighted by Crippen LogP contribution is -2.19. The molecule has 0 heterocycles. The lowest BCUT2D eigenvalue weighted by Gasteiger charge is -2.12. The molecule has 158 valence electrons. The summed E-state index contributed by atoms with van der Waals surface area (Å²) in [6, 6.07) is 19.7. The number of halogens is 1. The molecule has 0 saturated carbocycles. The van der Waals surface area contributed by atoms with Gasteiger partial charge in [0.2, 0.25) is 11.8 Å². The van der Waals surface area contributed by atoms with Crippen LogP contribution in [0.1, 0.15) is 39.9 Å². The predicted molar refractivity (Wildman–Crippen MR) is 126 cm³/mol. The van der Waals surface area contributed by atoms with Crippen LogP contribution in [0.4, 0.5) is 11.4 Å². The van der Waals surface area contributed by atoms with Crippen molar-refractivity contribution in [3.63, 3.8) is 0 Å². The molecule has 0 aliphatic heterocycles. The quantitative estimate of drug-likeness (QED) is 0.430. The van der Waals surface area contributed by atoms with Crippen molar-refractivity contribution in [1.29, 1.82) is 0 Å². The van der Waals surface area contributed by atoms with Crippen LogP contribution < -0.4 is 10.6 Å². The van der Waals surface area contributed by atoms with E-state index in [1.165, 1.54) is 0 Å². The molecule has 0 atom stereocenters. The van der Waals surface area contributed by atoms with Gasteiger partial charge in [0.05, 0.1) is 5.69 Å². The van der Waals surface area contributed by atoms with Gasteiger partial charge in [-0.25, -0.2) is 0 Å². The smallest absolute Gasteiger partial charge is 0.224 e. The largest absolute Gasteiger partial charge is 0.326 e. The second kappa shape index (κ2) is 10.2. The molecule has 0 aliphatic carbocycles. The van der Waals surface area contributed by atoms with E-state index in [2.05, 4.69) is 26.6 Å². The van der Waals surface area contributed by atoms with Gasteiger partial charge in [0, 0.05) is 34.1 Å². The van der Waals surface area contributed by atoms with Gasteiger partial charge in [0.1, 0.15) is 0 Å². The molecule has 3 rings (SSSR count). The van der Waals surface area contributed by atoms with E-state index in [9.17, 15) is 14.4 Å². The lowest BCUT2D eigenvalue weighted by molar-refractivity contribution is -0.121. The van der Waals surface area contributed by atoms with Gasteiger partial charge in [-0.15, -0.1) is 0 Å². The molecule has 0 aromatic heterocycles. The van der Waals surface area contributed by atoms with E-state index < -0.39 is 0 Å². The van der Waals surface area contributed by atoms with Crippen LogP contribution in [0.25, 0.3) is 0 Å². The van der Waals surface area contributed by atoms with Crippen molar-refractivity contribution in [2.24, 2.45) is 0 Å². The van der Waals surface area contributed by atoms with Gasteiger partial charge < -0.3 is 10.6 Å². The second-order valence-corrected chi connectivity index (χ2v) is 8.22. The number of carbonyl (C=O) groups excluding carboxylic acids is 3. The van der Waals surface area contributed by atoms with Gasteiger partial charge in [-0.1, -0.05) is 64.0 Å². The molecule has 0 spiro atoms. The maximum Gasteiger partial charge on any atom is 0.224 e. The van der Waals surface area contributed by atoms with Crippen LogP contribution in [0.2, 0.25) is 0 Å². The van der Waals surface area contributed by atoms with E-state index >= 15 is 0 Å². The fourth-order valence-corrected chi connectivity index (χ4v) is 3.53. The van der Waals surface area contributed by atoms with E-state index in [4.69, 9.17) is 0 Å². The Kier molecular flexibility index (Phi) is 7.36. The highest BCUT2D eigenvalue weighted by Crippen LogP contribution is 2.24. The van der Waals surface area contributed by atoms with Crippen LogP contribution in [0.3, 0.4) is 0 Å². The fraction of sp³-hybridized carbons (Fsp3) is 0.160. The van der Waals surface area contributed by atoms with Crippen LogP contribution in [-0.2, 0) is 9.59 Å². The number of nitrogens with one attached hydrogen (secondary N) is 2. The molecule has 0 radical (unpaired) electrons. The summed E-state index contributed by atoms with van der Waals surface area (Å²) in [5, 5.41) is 5.60. The second-order valence-electron chi connectivity index (χ2n) is 7.30. The molecule has 0 saturated heterocycles. The molecular weight excluding hydrogens is 456 g/mol. The summed E-state index contributed by atoms with van der Waals surface area (Å²) in [6.07, 6.45) is 0.0451. The third-order valence-corrected chi connectivity index (χ3v) is 5.26. The number of benzene rings is 3. The third-order valence-electron chi connectivity index (χ3n) is 4.77. The zero-order chi connectivity index (χ0) is 22.4. The minimum Gasteiger partial charge on any atom is -0.326 e. The zero-order valence-electron chi connectivity index (χ0n) is 17.4. The van der Waals surface area contributed by atoms with Gasteiger partial charge in [-0.05, 0) is 43.7 Å². The highest BCUT2D eigenvalue weighted by atomic mass is 79.9. The number of anilines is 2. The number of ketones is 1. The molecule has 5 nitrogen and oxygen atoms in total. The normalized spacial score (nSPS) is 10.4. The predicted octanol–water partition coefficient (Wildman–Crippen LogP) is 5.65. The first-order valence-electron chi connectivity index (χ1n) is 9.90. The zero-order valence-corrected chi connectivity index (χ0v) is 19.0. The number of hydrogen-bond acceptors (Lipinski definition) is 3. The molecule has 2 amide bonds. The van der Waals surface area contributed by atoms with E-state index in [-0.39, 0.29) is 30.4 Å². The van der Waals surface area contributed by atoms with Crippen LogP contribution in [0, 0.1) is 13.8 Å². The molecule has 0 bridgehead atoms. The molecule has 3 aromatic carbocycles. The van der Waals surface area contributed by atoms with Crippen molar-refractivity contribution in [3.8, 4) is 0 Å². The Bertz CT molecular complexity index is 1130. The van der Waals surface area contributed by atoms with Crippen molar-refractivity contribution in [2.75, 3.05) is 10.6 Å². The van der Waals surface area contributed by atoms with E-state index in [1.54, 1.807) is 42.5 Å². The topological polar surface area (TPSA) is 75.3 Å². The Morgan fingerprint density at radius 2 is 1.39 bits per heavy atom. The number of rotatable bonds is 7. The standard InChI is InChI=1S/C25H23BrN2O3/c1-16-8-10-21(17(2)14-16)27-23(29)12-13-24(30)28-22-11-9-19(26)15-20(22)25(31)18-6-4-3-5-7-18/h3-11,14-15H,12-13H2,1-2H3,(H,27,29)(H,28,30). The number of aryl methyl sites for hydroxylation is 2. The molecule has 0 aliphatic rings.